The first-order chi connectivity index (χ1) is 13.0. The van der Waals surface area contributed by atoms with Crippen LogP contribution in [0.4, 0.5) is 0 Å². The van der Waals surface area contributed by atoms with Crippen LogP contribution in [0.1, 0.15) is 23.0 Å². The van der Waals surface area contributed by atoms with Gasteiger partial charge in [-0.15, -0.1) is 10.2 Å². The first-order valence-corrected chi connectivity index (χ1v) is 9.17. The molecule has 0 aliphatic carbocycles. The largest absolute Gasteiger partial charge is 0.416 e. The molecule has 3 aromatic heterocycles. The summed E-state index contributed by atoms with van der Waals surface area (Å²) in [5, 5.41) is 8.39. The van der Waals surface area contributed by atoms with Crippen molar-refractivity contribution in [3.8, 4) is 0 Å². The van der Waals surface area contributed by atoms with Gasteiger partial charge in [-0.25, -0.2) is 9.78 Å². The number of thioether (sulfide) groups is 1. The minimum absolute atomic E-state index is 0.160. The van der Waals surface area contributed by atoms with E-state index in [-0.39, 0.29) is 12.0 Å². The van der Waals surface area contributed by atoms with E-state index in [1.807, 2.05) is 24.3 Å². The topological polar surface area (TPSA) is 122 Å². The molecule has 0 saturated heterocycles. The van der Waals surface area contributed by atoms with E-state index in [1.54, 1.807) is 6.92 Å². The van der Waals surface area contributed by atoms with Gasteiger partial charge in [-0.2, -0.15) is 0 Å². The molecule has 0 unspecified atom stereocenters. The Labute approximate surface area is 156 Å². The summed E-state index contributed by atoms with van der Waals surface area (Å²) in [6.45, 7) is 1.67. The van der Waals surface area contributed by atoms with E-state index in [1.165, 1.54) is 18.8 Å². The number of hydrogen-bond donors (Lipinski definition) is 2. The minimum Gasteiger partial charge on any atom is -0.416 e. The van der Waals surface area contributed by atoms with Gasteiger partial charge in [-0.05, 0) is 19.1 Å². The van der Waals surface area contributed by atoms with E-state index < -0.39 is 5.69 Å². The lowest BCUT2D eigenvalue weighted by Crippen LogP contribution is -2.36. The van der Waals surface area contributed by atoms with Crippen LogP contribution in [0.15, 0.2) is 43.5 Å². The number of benzene rings is 1. The van der Waals surface area contributed by atoms with Crippen LogP contribution in [0.3, 0.4) is 0 Å². The lowest BCUT2D eigenvalue weighted by molar-refractivity contribution is 0.419. The van der Waals surface area contributed by atoms with Crippen LogP contribution in [0, 0.1) is 6.92 Å². The normalized spacial score (nSPS) is 11.3. The summed E-state index contributed by atoms with van der Waals surface area (Å²) in [5.41, 5.74) is 1.99. The number of aromatic nitrogens is 6. The number of aromatic amines is 2. The van der Waals surface area contributed by atoms with Gasteiger partial charge in [0.2, 0.25) is 5.89 Å². The molecule has 0 bridgehead atoms. The second kappa shape index (κ2) is 6.88. The highest BCUT2D eigenvalue weighted by atomic mass is 32.2. The summed E-state index contributed by atoms with van der Waals surface area (Å²) < 4.78 is 6.65. The maximum Gasteiger partial charge on any atom is 0.328 e. The zero-order valence-electron chi connectivity index (χ0n) is 14.6. The summed E-state index contributed by atoms with van der Waals surface area (Å²) in [6.07, 6.45) is 0.160. The molecule has 10 heteroatoms. The van der Waals surface area contributed by atoms with Crippen LogP contribution in [-0.4, -0.2) is 29.7 Å². The second-order valence-corrected chi connectivity index (χ2v) is 6.95. The van der Waals surface area contributed by atoms with Crippen molar-refractivity contribution in [1.82, 2.24) is 29.7 Å². The third kappa shape index (κ3) is 3.43. The molecule has 0 atom stereocenters. The molecule has 1 aromatic carbocycles. The summed E-state index contributed by atoms with van der Waals surface area (Å²) in [4.78, 5) is 34.2. The average molecular weight is 384 g/mol. The van der Waals surface area contributed by atoms with Gasteiger partial charge in [0.1, 0.15) is 5.82 Å². The van der Waals surface area contributed by atoms with Crippen molar-refractivity contribution in [3.05, 3.63) is 68.1 Å². The molecule has 4 rings (SSSR count). The average Bonchev–Trinajstić information content (AvgIpc) is 3.28. The summed E-state index contributed by atoms with van der Waals surface area (Å²) >= 11 is 1.36. The van der Waals surface area contributed by atoms with Gasteiger partial charge < -0.3 is 14.4 Å². The molecule has 0 saturated carbocycles. The minimum atomic E-state index is -0.450. The van der Waals surface area contributed by atoms with E-state index in [9.17, 15) is 9.59 Å². The van der Waals surface area contributed by atoms with E-state index in [0.717, 1.165) is 21.4 Å². The fraction of sp³-hybridized carbons (Fsp3) is 0.235. The number of nitrogens with zero attached hydrogens (tertiary/aromatic N) is 4. The molecule has 0 amide bonds. The quantitative estimate of drug-likeness (QED) is 0.500. The monoisotopic (exact) mass is 384 g/mol. The molecule has 2 N–H and O–H groups in total. The lowest BCUT2D eigenvalue weighted by Gasteiger charge is -2.04. The second-order valence-electron chi connectivity index (χ2n) is 6.03. The van der Waals surface area contributed by atoms with Crippen molar-refractivity contribution < 1.29 is 4.42 Å². The number of H-pyrrole nitrogens is 2. The number of imidazole rings is 1. The summed E-state index contributed by atoms with van der Waals surface area (Å²) in [7, 11) is 1.42. The van der Waals surface area contributed by atoms with Crippen molar-refractivity contribution in [2.24, 2.45) is 7.05 Å². The predicted molar refractivity (Wildman–Crippen MR) is 99.8 cm³/mol. The van der Waals surface area contributed by atoms with Crippen LogP contribution in [-0.2, 0) is 19.2 Å². The fourth-order valence-electron chi connectivity index (χ4n) is 2.71. The Kier molecular flexibility index (Phi) is 4.40. The molecule has 138 valence electrons. The molecule has 0 fully saturated rings. The van der Waals surface area contributed by atoms with Crippen molar-refractivity contribution in [2.75, 3.05) is 0 Å². The molecule has 0 aliphatic rings. The highest BCUT2D eigenvalue weighted by Crippen LogP contribution is 2.22. The SMILES string of the molecule is Cc1[nH]c(=O)n(C)c(=O)c1Cc1nnc(SCc2nc3ccccc3[nH]2)o1. The van der Waals surface area contributed by atoms with Gasteiger partial charge in [0, 0.05) is 18.3 Å². The van der Waals surface area contributed by atoms with Gasteiger partial charge in [-0.1, -0.05) is 23.9 Å². The third-order valence-corrected chi connectivity index (χ3v) is 4.99. The van der Waals surface area contributed by atoms with Gasteiger partial charge in [0.05, 0.1) is 23.2 Å². The number of hydrogen-bond acceptors (Lipinski definition) is 7. The molecule has 3 heterocycles. The van der Waals surface area contributed by atoms with Crippen molar-refractivity contribution in [2.45, 2.75) is 24.3 Å². The molecule has 0 aliphatic heterocycles. The molecule has 0 spiro atoms. The maximum atomic E-state index is 12.3. The highest BCUT2D eigenvalue weighted by molar-refractivity contribution is 7.98. The standard InChI is InChI=1S/C17H16N6O3S/c1-9-10(15(24)23(2)16(25)18-9)7-14-21-22-17(26-14)27-8-13-19-11-5-3-4-6-12(11)20-13/h3-6H,7-8H2,1-2H3,(H,18,25)(H,19,20). The lowest BCUT2D eigenvalue weighted by atomic mass is 10.2. The number of fused-ring (bicyclic) bond motifs is 1. The highest BCUT2D eigenvalue weighted by Gasteiger charge is 2.15. The number of rotatable bonds is 5. The van der Waals surface area contributed by atoms with Crippen LogP contribution in [0.25, 0.3) is 11.0 Å². The predicted octanol–water partition coefficient (Wildman–Crippen LogP) is 1.52. The zero-order valence-corrected chi connectivity index (χ0v) is 15.5. The summed E-state index contributed by atoms with van der Waals surface area (Å²) in [5.74, 6) is 1.68. The molecule has 0 radical (unpaired) electrons. The Morgan fingerprint density at radius 1 is 1.19 bits per heavy atom. The van der Waals surface area contributed by atoms with Crippen molar-refractivity contribution in [1.29, 1.82) is 0 Å². The van der Waals surface area contributed by atoms with Crippen LogP contribution in [0.2, 0.25) is 0 Å². The third-order valence-electron chi connectivity index (χ3n) is 4.16. The van der Waals surface area contributed by atoms with E-state index in [2.05, 4.69) is 25.1 Å². The van der Waals surface area contributed by atoms with Gasteiger partial charge >= 0.3 is 5.69 Å². The Bertz CT molecular complexity index is 1200. The first-order valence-electron chi connectivity index (χ1n) is 8.19. The van der Waals surface area contributed by atoms with E-state index >= 15 is 0 Å². The van der Waals surface area contributed by atoms with Gasteiger partial charge in [-0.3, -0.25) is 9.36 Å². The molecule has 27 heavy (non-hydrogen) atoms. The van der Waals surface area contributed by atoms with Gasteiger partial charge in [0.15, 0.2) is 0 Å². The zero-order chi connectivity index (χ0) is 19.0. The number of para-hydroxylation sites is 2. The van der Waals surface area contributed by atoms with Crippen LogP contribution in [0.5, 0.6) is 0 Å². The number of nitrogens with one attached hydrogen (secondary N) is 2. The Morgan fingerprint density at radius 2 is 2.00 bits per heavy atom. The van der Waals surface area contributed by atoms with Crippen molar-refractivity contribution >= 4 is 22.8 Å². The fourth-order valence-corrected chi connectivity index (χ4v) is 3.36. The van der Waals surface area contributed by atoms with E-state index in [0.29, 0.717) is 28.1 Å². The Morgan fingerprint density at radius 3 is 2.81 bits per heavy atom. The first kappa shape index (κ1) is 17.3. The Hall–Kier alpha value is -3.14. The van der Waals surface area contributed by atoms with Gasteiger partial charge in [0.25, 0.3) is 10.8 Å². The van der Waals surface area contributed by atoms with Crippen LogP contribution >= 0.6 is 11.8 Å². The van der Waals surface area contributed by atoms with E-state index in [4.69, 9.17) is 4.42 Å². The molecule has 4 aromatic rings. The molecular weight excluding hydrogens is 368 g/mol. The maximum absolute atomic E-state index is 12.3. The smallest absolute Gasteiger partial charge is 0.328 e. The summed E-state index contributed by atoms with van der Waals surface area (Å²) in [6, 6.07) is 7.80. The molecule has 9 nitrogen and oxygen atoms in total. The van der Waals surface area contributed by atoms with Crippen molar-refractivity contribution in [3.63, 3.8) is 0 Å². The number of aryl methyl sites for hydroxylation is 1. The Balaban J connectivity index is 1.48. The van der Waals surface area contributed by atoms with Crippen LogP contribution < -0.4 is 11.2 Å². The molecular formula is C17H16N6O3S.